The average molecular weight is 301 g/mol. The summed E-state index contributed by atoms with van der Waals surface area (Å²) >= 11 is 0. The van der Waals surface area contributed by atoms with E-state index >= 15 is 0 Å². The molecule has 6 heteroatoms. The molecule has 20 heavy (non-hydrogen) atoms. The number of rotatable bonds is 8. The molecule has 1 atom stereocenters. The highest BCUT2D eigenvalue weighted by Crippen LogP contribution is 2.26. The summed E-state index contributed by atoms with van der Waals surface area (Å²) in [5, 5.41) is 0. The fourth-order valence-electron chi connectivity index (χ4n) is 2.01. The van der Waals surface area contributed by atoms with Crippen LogP contribution in [0.3, 0.4) is 0 Å². The average Bonchev–Trinajstić information content (AvgIpc) is 2.38. The van der Waals surface area contributed by atoms with E-state index in [1.54, 1.807) is 14.2 Å². The number of benzene rings is 1. The first-order valence-corrected chi connectivity index (χ1v) is 8.31. The van der Waals surface area contributed by atoms with Crippen molar-refractivity contribution < 1.29 is 17.9 Å². The molecule has 0 saturated carbocycles. The van der Waals surface area contributed by atoms with E-state index in [4.69, 9.17) is 15.2 Å². The van der Waals surface area contributed by atoms with Gasteiger partial charge in [-0.3, -0.25) is 0 Å². The summed E-state index contributed by atoms with van der Waals surface area (Å²) in [6.07, 6.45) is 0.483. The molecule has 0 radical (unpaired) electrons. The Balaban J connectivity index is 2.80. The van der Waals surface area contributed by atoms with E-state index in [0.29, 0.717) is 18.8 Å². The summed E-state index contributed by atoms with van der Waals surface area (Å²) in [6.45, 7) is 2.37. The largest absolute Gasteiger partial charge is 0.496 e. The molecule has 0 aromatic heterocycles. The third-order valence-electron chi connectivity index (χ3n) is 3.02. The summed E-state index contributed by atoms with van der Waals surface area (Å²) in [6, 6.07) is 5.00. The second-order valence-electron chi connectivity index (χ2n) is 4.81. The first-order chi connectivity index (χ1) is 9.39. The number of hydrogen-bond acceptors (Lipinski definition) is 5. The highest BCUT2D eigenvalue weighted by atomic mass is 32.2. The van der Waals surface area contributed by atoms with Crippen LogP contribution in [0.4, 0.5) is 0 Å². The smallest absolute Gasteiger partial charge is 0.152 e. The maximum atomic E-state index is 12.0. The van der Waals surface area contributed by atoms with Crippen molar-refractivity contribution in [1.29, 1.82) is 0 Å². The molecule has 0 fully saturated rings. The Kier molecular flexibility index (Phi) is 6.45. The van der Waals surface area contributed by atoms with E-state index in [2.05, 4.69) is 0 Å². The van der Waals surface area contributed by atoms with Crippen molar-refractivity contribution in [1.82, 2.24) is 0 Å². The number of sulfone groups is 1. The molecule has 0 amide bonds. The van der Waals surface area contributed by atoms with Crippen molar-refractivity contribution in [2.24, 2.45) is 5.73 Å². The number of aryl methyl sites for hydroxylation is 1. The van der Waals surface area contributed by atoms with Crippen LogP contribution >= 0.6 is 0 Å². The van der Waals surface area contributed by atoms with E-state index in [9.17, 15) is 8.42 Å². The molecule has 1 unspecified atom stereocenters. The lowest BCUT2D eigenvalue weighted by Gasteiger charge is -2.16. The summed E-state index contributed by atoms with van der Waals surface area (Å²) in [7, 11) is -0.0985. The van der Waals surface area contributed by atoms with Crippen molar-refractivity contribution in [2.75, 3.05) is 32.3 Å². The Morgan fingerprint density at radius 1 is 1.30 bits per heavy atom. The molecule has 0 aliphatic rings. The number of ether oxygens (including phenoxy) is 2. The van der Waals surface area contributed by atoms with Gasteiger partial charge >= 0.3 is 0 Å². The SMILES string of the molecule is COCCCS(=O)(=O)CC(N)c1cc(C)ccc1OC. The van der Waals surface area contributed by atoms with E-state index in [1.807, 2.05) is 25.1 Å². The minimum atomic E-state index is -3.20. The van der Waals surface area contributed by atoms with Gasteiger partial charge in [-0.25, -0.2) is 8.42 Å². The minimum Gasteiger partial charge on any atom is -0.496 e. The van der Waals surface area contributed by atoms with Crippen LogP contribution in [0.15, 0.2) is 18.2 Å². The van der Waals surface area contributed by atoms with Gasteiger partial charge in [-0.15, -0.1) is 0 Å². The van der Waals surface area contributed by atoms with E-state index < -0.39 is 15.9 Å². The van der Waals surface area contributed by atoms with Crippen molar-refractivity contribution in [3.8, 4) is 5.75 Å². The zero-order valence-corrected chi connectivity index (χ0v) is 13.1. The molecule has 0 spiro atoms. The Morgan fingerprint density at radius 3 is 2.60 bits per heavy atom. The molecule has 1 aromatic carbocycles. The molecule has 0 aliphatic carbocycles. The zero-order valence-electron chi connectivity index (χ0n) is 12.3. The van der Waals surface area contributed by atoms with Crippen molar-refractivity contribution in [3.63, 3.8) is 0 Å². The van der Waals surface area contributed by atoms with E-state index in [-0.39, 0.29) is 11.5 Å². The van der Waals surface area contributed by atoms with Gasteiger partial charge in [-0.1, -0.05) is 17.7 Å². The third-order valence-corrected chi connectivity index (χ3v) is 4.80. The Hall–Kier alpha value is -1.11. The molecular formula is C14H23NO4S. The van der Waals surface area contributed by atoms with Gasteiger partial charge in [-0.2, -0.15) is 0 Å². The summed E-state index contributed by atoms with van der Waals surface area (Å²) < 4.78 is 34.1. The van der Waals surface area contributed by atoms with Gasteiger partial charge in [0.2, 0.25) is 0 Å². The van der Waals surface area contributed by atoms with Gasteiger partial charge in [0, 0.05) is 25.3 Å². The highest BCUT2D eigenvalue weighted by Gasteiger charge is 2.20. The summed E-state index contributed by atoms with van der Waals surface area (Å²) in [5.74, 6) is 0.620. The molecule has 0 bridgehead atoms. The molecule has 5 nitrogen and oxygen atoms in total. The third kappa shape index (κ3) is 5.11. The molecule has 0 aliphatic heterocycles. The second-order valence-corrected chi connectivity index (χ2v) is 7.04. The first-order valence-electron chi connectivity index (χ1n) is 6.49. The normalized spacial score (nSPS) is 13.2. The molecule has 1 aromatic rings. The van der Waals surface area contributed by atoms with Crippen molar-refractivity contribution in [3.05, 3.63) is 29.3 Å². The first kappa shape index (κ1) is 16.9. The molecule has 1 rings (SSSR count). The van der Waals surface area contributed by atoms with Gasteiger partial charge in [0.15, 0.2) is 9.84 Å². The predicted molar refractivity (Wildman–Crippen MR) is 79.8 cm³/mol. The Labute approximate surface area is 121 Å². The van der Waals surface area contributed by atoms with Crippen molar-refractivity contribution in [2.45, 2.75) is 19.4 Å². The van der Waals surface area contributed by atoms with Gasteiger partial charge in [0.05, 0.1) is 18.6 Å². The number of nitrogens with two attached hydrogens (primary N) is 1. The summed E-state index contributed by atoms with van der Waals surface area (Å²) in [4.78, 5) is 0. The maximum Gasteiger partial charge on any atom is 0.152 e. The van der Waals surface area contributed by atoms with Crippen molar-refractivity contribution >= 4 is 9.84 Å². The molecule has 114 valence electrons. The molecule has 2 N–H and O–H groups in total. The van der Waals surface area contributed by atoms with Gasteiger partial charge in [-0.05, 0) is 19.4 Å². The Morgan fingerprint density at radius 2 is 2.00 bits per heavy atom. The lowest BCUT2D eigenvalue weighted by atomic mass is 10.1. The van der Waals surface area contributed by atoms with Gasteiger partial charge < -0.3 is 15.2 Å². The molecule has 0 heterocycles. The topological polar surface area (TPSA) is 78.6 Å². The second kappa shape index (κ2) is 7.61. The monoisotopic (exact) mass is 301 g/mol. The van der Waals surface area contributed by atoms with Crippen LogP contribution in [-0.2, 0) is 14.6 Å². The van der Waals surface area contributed by atoms with Crippen LogP contribution in [-0.4, -0.2) is 40.7 Å². The van der Waals surface area contributed by atoms with E-state index in [1.165, 1.54) is 0 Å². The van der Waals surface area contributed by atoms with Crippen LogP contribution in [0.2, 0.25) is 0 Å². The van der Waals surface area contributed by atoms with Crippen LogP contribution < -0.4 is 10.5 Å². The quantitative estimate of drug-likeness (QED) is 0.735. The lowest BCUT2D eigenvalue weighted by Crippen LogP contribution is -2.24. The van der Waals surface area contributed by atoms with Crippen LogP contribution in [0.1, 0.15) is 23.6 Å². The molecule has 0 saturated heterocycles. The fraction of sp³-hybridized carbons (Fsp3) is 0.571. The maximum absolute atomic E-state index is 12.0. The van der Waals surface area contributed by atoms with Gasteiger partial charge in [0.25, 0.3) is 0 Å². The van der Waals surface area contributed by atoms with Crippen LogP contribution in [0, 0.1) is 6.92 Å². The fourth-order valence-corrected chi connectivity index (χ4v) is 3.46. The zero-order chi connectivity index (χ0) is 15.2. The van der Waals surface area contributed by atoms with E-state index in [0.717, 1.165) is 11.1 Å². The standard InChI is InChI=1S/C14H23NO4S/c1-11-5-6-14(19-3)12(9-11)13(15)10-20(16,17)8-4-7-18-2/h5-6,9,13H,4,7-8,10,15H2,1-3H3. The highest BCUT2D eigenvalue weighted by molar-refractivity contribution is 7.91. The van der Waals surface area contributed by atoms with Crippen LogP contribution in [0.5, 0.6) is 5.75 Å². The lowest BCUT2D eigenvalue weighted by molar-refractivity contribution is 0.199. The Bertz CT molecular complexity index is 528. The number of methoxy groups -OCH3 is 2. The van der Waals surface area contributed by atoms with Crippen LogP contribution in [0.25, 0.3) is 0 Å². The summed E-state index contributed by atoms with van der Waals surface area (Å²) in [5.41, 5.74) is 7.79. The minimum absolute atomic E-state index is 0.0860. The molecular weight excluding hydrogens is 278 g/mol. The predicted octanol–water partition coefficient (Wildman–Crippen LogP) is 1.45. The van der Waals surface area contributed by atoms with Gasteiger partial charge in [0.1, 0.15) is 5.75 Å². The number of hydrogen-bond donors (Lipinski definition) is 1.